The zero-order valence-electron chi connectivity index (χ0n) is 13.0. The number of carbonyl (C=O) groups excluding carboxylic acids is 1. The number of halogens is 1. The summed E-state index contributed by atoms with van der Waals surface area (Å²) in [6.07, 6.45) is 0.485. The van der Waals surface area contributed by atoms with Crippen LogP contribution >= 0.6 is 11.6 Å². The number of hydrogen-bond acceptors (Lipinski definition) is 3. The van der Waals surface area contributed by atoms with E-state index in [9.17, 15) is 4.79 Å². The number of amides is 1. The summed E-state index contributed by atoms with van der Waals surface area (Å²) in [5.74, 6) is 0.00846. The Kier molecular flexibility index (Phi) is 4.44. The van der Waals surface area contributed by atoms with Crippen molar-refractivity contribution in [2.75, 3.05) is 0 Å². The van der Waals surface area contributed by atoms with E-state index < -0.39 is 0 Å². The first kappa shape index (κ1) is 16.0. The number of fused-ring (bicyclic) bond motifs is 1. The van der Waals surface area contributed by atoms with Crippen LogP contribution in [0.15, 0.2) is 53.5 Å². The second-order valence-corrected chi connectivity index (χ2v) is 5.71. The number of nitrogens with one attached hydrogen (secondary N) is 1. The first-order valence-electron chi connectivity index (χ1n) is 7.29. The highest BCUT2D eigenvalue weighted by Crippen LogP contribution is 2.33. The highest BCUT2D eigenvalue weighted by molar-refractivity contribution is 6.31. The number of guanidine groups is 1. The first-order chi connectivity index (χ1) is 11.6. The van der Waals surface area contributed by atoms with Gasteiger partial charge in [-0.15, -0.1) is 0 Å². The fourth-order valence-electron chi connectivity index (χ4n) is 2.51. The third-order valence-corrected chi connectivity index (χ3v) is 3.78. The minimum atomic E-state index is 0.00846. The lowest BCUT2D eigenvalue weighted by Gasteiger charge is -2.10. The molecule has 3 aromatic rings. The van der Waals surface area contributed by atoms with Crippen molar-refractivity contribution in [1.82, 2.24) is 10.3 Å². The summed E-state index contributed by atoms with van der Waals surface area (Å²) >= 11 is 6.17. The molecule has 2 aromatic carbocycles. The van der Waals surface area contributed by atoms with Crippen LogP contribution in [0, 0.1) is 6.92 Å². The van der Waals surface area contributed by atoms with Gasteiger partial charge in [0.15, 0.2) is 5.96 Å². The Balaban J connectivity index is 2.30. The highest BCUT2D eigenvalue weighted by Gasteiger charge is 2.11. The van der Waals surface area contributed by atoms with Gasteiger partial charge < -0.3 is 5.73 Å². The van der Waals surface area contributed by atoms with Crippen molar-refractivity contribution >= 4 is 40.6 Å². The number of hydrogen-bond donors (Lipinski definition) is 2. The van der Waals surface area contributed by atoms with E-state index in [-0.39, 0.29) is 5.96 Å². The molecule has 0 aliphatic carbocycles. The SMILES string of the molecule is Cc1cc(Cl)cc2c(N=C(N)NC=O)cc(-c3ccccc3)nc12. The maximum Gasteiger partial charge on any atom is 0.213 e. The molecule has 6 heteroatoms. The molecule has 0 saturated carbocycles. The van der Waals surface area contributed by atoms with E-state index in [1.54, 1.807) is 6.07 Å². The van der Waals surface area contributed by atoms with Gasteiger partial charge in [0.05, 0.1) is 16.9 Å². The molecular weight excluding hydrogens is 324 g/mol. The topological polar surface area (TPSA) is 80.4 Å². The summed E-state index contributed by atoms with van der Waals surface area (Å²) in [6.45, 7) is 1.94. The van der Waals surface area contributed by atoms with Crippen molar-refractivity contribution in [2.45, 2.75) is 6.92 Å². The van der Waals surface area contributed by atoms with Crippen molar-refractivity contribution in [3.05, 3.63) is 59.1 Å². The average Bonchev–Trinajstić information content (AvgIpc) is 2.56. The van der Waals surface area contributed by atoms with Gasteiger partial charge in [0.25, 0.3) is 0 Å². The first-order valence-corrected chi connectivity index (χ1v) is 7.67. The Bertz CT molecular complexity index is 939. The number of pyridine rings is 1. The molecule has 0 atom stereocenters. The van der Waals surface area contributed by atoms with Crippen LogP contribution in [0.25, 0.3) is 22.2 Å². The van der Waals surface area contributed by atoms with Gasteiger partial charge in [0.1, 0.15) is 0 Å². The number of benzene rings is 2. The molecule has 1 aromatic heterocycles. The van der Waals surface area contributed by atoms with Gasteiger partial charge in [-0.3, -0.25) is 10.1 Å². The molecule has 120 valence electrons. The molecule has 24 heavy (non-hydrogen) atoms. The third kappa shape index (κ3) is 3.21. The van der Waals surface area contributed by atoms with Crippen LogP contribution < -0.4 is 11.1 Å². The van der Waals surface area contributed by atoms with Crippen LogP contribution in [0.5, 0.6) is 0 Å². The van der Waals surface area contributed by atoms with Crippen molar-refractivity contribution in [2.24, 2.45) is 10.7 Å². The lowest BCUT2D eigenvalue weighted by Crippen LogP contribution is -2.29. The van der Waals surface area contributed by atoms with E-state index in [0.717, 1.165) is 27.7 Å². The molecule has 3 rings (SSSR count). The molecule has 5 nitrogen and oxygen atoms in total. The highest BCUT2D eigenvalue weighted by atomic mass is 35.5. The van der Waals surface area contributed by atoms with E-state index in [2.05, 4.69) is 10.3 Å². The monoisotopic (exact) mass is 338 g/mol. The molecule has 0 spiro atoms. The zero-order valence-corrected chi connectivity index (χ0v) is 13.7. The Labute approximate surface area is 144 Å². The number of aliphatic imine (C=N–C) groups is 1. The Hall–Kier alpha value is -2.92. The molecule has 1 heterocycles. The van der Waals surface area contributed by atoms with Gasteiger partial charge in [-0.25, -0.2) is 9.98 Å². The summed E-state index contributed by atoms with van der Waals surface area (Å²) in [5, 5.41) is 3.70. The van der Waals surface area contributed by atoms with Crippen LogP contribution in [0.2, 0.25) is 5.02 Å². The van der Waals surface area contributed by atoms with Gasteiger partial charge in [0.2, 0.25) is 6.41 Å². The number of aryl methyl sites for hydroxylation is 1. The van der Waals surface area contributed by atoms with Crippen LogP contribution in [-0.4, -0.2) is 17.4 Å². The average molecular weight is 339 g/mol. The standard InChI is InChI=1S/C18H15ClN4O/c1-11-7-13(19)8-14-16(23-18(20)21-10-24)9-15(22-17(11)14)12-5-3-2-4-6-12/h2-10H,1H3,(H3,20,21,22,23,24). The molecule has 1 amide bonds. The fraction of sp³-hybridized carbons (Fsp3) is 0.0556. The second kappa shape index (κ2) is 6.68. The predicted molar refractivity (Wildman–Crippen MR) is 97.4 cm³/mol. The predicted octanol–water partition coefficient (Wildman–Crippen LogP) is 3.56. The summed E-state index contributed by atoms with van der Waals surface area (Å²) < 4.78 is 0. The van der Waals surface area contributed by atoms with Crippen LogP contribution in [0.4, 0.5) is 5.69 Å². The summed E-state index contributed by atoms with van der Waals surface area (Å²) in [5.41, 5.74) is 9.78. The largest absolute Gasteiger partial charge is 0.369 e. The molecular formula is C18H15ClN4O. The third-order valence-electron chi connectivity index (χ3n) is 3.56. The fourth-order valence-corrected chi connectivity index (χ4v) is 2.78. The van der Waals surface area contributed by atoms with Gasteiger partial charge in [-0.05, 0) is 30.7 Å². The Morgan fingerprint density at radius 3 is 2.71 bits per heavy atom. The second-order valence-electron chi connectivity index (χ2n) is 5.27. The van der Waals surface area contributed by atoms with Crippen LogP contribution in [0.1, 0.15) is 5.56 Å². The summed E-state index contributed by atoms with van der Waals surface area (Å²) in [4.78, 5) is 19.6. The molecule has 0 radical (unpaired) electrons. The van der Waals surface area contributed by atoms with Crippen molar-refractivity contribution < 1.29 is 4.79 Å². The number of nitrogens with zero attached hydrogens (tertiary/aromatic N) is 2. The number of carbonyl (C=O) groups is 1. The van der Waals surface area contributed by atoms with Gasteiger partial charge in [0, 0.05) is 16.0 Å². The molecule has 0 saturated heterocycles. The van der Waals surface area contributed by atoms with Crippen LogP contribution in [-0.2, 0) is 4.79 Å². The van der Waals surface area contributed by atoms with E-state index in [1.807, 2.05) is 49.4 Å². The number of rotatable bonds is 3. The summed E-state index contributed by atoms with van der Waals surface area (Å²) in [6, 6.07) is 15.3. The van der Waals surface area contributed by atoms with E-state index >= 15 is 0 Å². The molecule has 3 N–H and O–H groups in total. The maximum absolute atomic E-state index is 10.6. The van der Waals surface area contributed by atoms with E-state index in [1.165, 1.54) is 0 Å². The van der Waals surface area contributed by atoms with Crippen molar-refractivity contribution in [3.8, 4) is 11.3 Å². The molecule has 0 aliphatic rings. The minimum absolute atomic E-state index is 0.00846. The van der Waals surface area contributed by atoms with E-state index in [0.29, 0.717) is 17.1 Å². The van der Waals surface area contributed by atoms with Crippen molar-refractivity contribution in [1.29, 1.82) is 0 Å². The molecule has 0 fully saturated rings. The smallest absolute Gasteiger partial charge is 0.213 e. The van der Waals surface area contributed by atoms with E-state index in [4.69, 9.17) is 22.3 Å². The van der Waals surface area contributed by atoms with Gasteiger partial charge in [-0.1, -0.05) is 41.9 Å². The zero-order chi connectivity index (χ0) is 17.1. The Morgan fingerprint density at radius 1 is 1.25 bits per heavy atom. The van der Waals surface area contributed by atoms with Gasteiger partial charge in [-0.2, -0.15) is 0 Å². The van der Waals surface area contributed by atoms with Gasteiger partial charge >= 0.3 is 0 Å². The van der Waals surface area contributed by atoms with Crippen LogP contribution in [0.3, 0.4) is 0 Å². The maximum atomic E-state index is 10.6. The normalized spacial score (nSPS) is 11.5. The lowest BCUT2D eigenvalue weighted by molar-refractivity contribution is -0.108. The summed E-state index contributed by atoms with van der Waals surface area (Å²) in [7, 11) is 0. The number of aromatic nitrogens is 1. The Morgan fingerprint density at radius 2 is 2.00 bits per heavy atom. The molecule has 0 unspecified atom stereocenters. The van der Waals surface area contributed by atoms with Crippen molar-refractivity contribution in [3.63, 3.8) is 0 Å². The molecule has 0 bridgehead atoms. The number of nitrogens with two attached hydrogens (primary N) is 1. The minimum Gasteiger partial charge on any atom is -0.369 e. The molecule has 0 aliphatic heterocycles. The lowest BCUT2D eigenvalue weighted by atomic mass is 10.1. The quantitative estimate of drug-likeness (QED) is 0.435.